The molecule has 2 aromatic rings. The molecule has 2 aliphatic heterocycles. The van der Waals surface area contributed by atoms with Gasteiger partial charge in [0.15, 0.2) is 0 Å². The zero-order valence-electron chi connectivity index (χ0n) is 17.7. The summed E-state index contributed by atoms with van der Waals surface area (Å²) in [6.07, 6.45) is 1.98. The van der Waals surface area contributed by atoms with Crippen LogP contribution in [-0.2, 0) is 16.0 Å². The maximum atomic E-state index is 13.6. The van der Waals surface area contributed by atoms with Crippen LogP contribution in [0, 0.1) is 17.7 Å². The van der Waals surface area contributed by atoms with Gasteiger partial charge in [-0.3, -0.25) is 9.59 Å². The highest BCUT2D eigenvalue weighted by molar-refractivity contribution is 6.45. The minimum atomic E-state index is -0.370. The van der Waals surface area contributed by atoms with Crippen LogP contribution >= 0.6 is 0 Å². The minimum Gasteiger partial charge on any atom is -0.366 e. The van der Waals surface area contributed by atoms with Crippen molar-refractivity contribution >= 4 is 23.1 Å². The van der Waals surface area contributed by atoms with Gasteiger partial charge in [0.25, 0.3) is 11.8 Å². The topological polar surface area (TPSA) is 40.6 Å². The van der Waals surface area contributed by atoms with Crippen LogP contribution < -0.4 is 4.90 Å². The van der Waals surface area contributed by atoms with E-state index in [-0.39, 0.29) is 17.6 Å². The molecule has 2 unspecified atom stereocenters. The normalized spacial score (nSPS) is 22.3. The zero-order valence-corrected chi connectivity index (χ0v) is 17.7. The van der Waals surface area contributed by atoms with Gasteiger partial charge >= 0.3 is 0 Å². The number of halogens is 1. The molecule has 0 spiro atoms. The molecule has 1 saturated heterocycles. The zero-order chi connectivity index (χ0) is 21.4. The van der Waals surface area contributed by atoms with Gasteiger partial charge in [0.2, 0.25) is 0 Å². The number of aryl methyl sites for hydroxylation is 1. The number of amides is 2. The first kappa shape index (κ1) is 20.3. The lowest BCUT2D eigenvalue weighted by Gasteiger charge is -2.37. The number of nitrogens with zero attached hydrogens (tertiary/aromatic N) is 2. The average Bonchev–Trinajstić information content (AvgIpc) is 2.98. The van der Waals surface area contributed by atoms with Crippen molar-refractivity contribution < 1.29 is 14.0 Å². The summed E-state index contributed by atoms with van der Waals surface area (Å²) in [6, 6.07) is 13.3. The molecular weight excluding hydrogens is 379 g/mol. The van der Waals surface area contributed by atoms with E-state index >= 15 is 0 Å². The Morgan fingerprint density at radius 3 is 2.07 bits per heavy atom. The van der Waals surface area contributed by atoms with Crippen molar-refractivity contribution in [2.75, 3.05) is 18.0 Å². The maximum absolute atomic E-state index is 13.6. The Bertz CT molecular complexity index is 985. The fourth-order valence-corrected chi connectivity index (χ4v) is 4.65. The highest BCUT2D eigenvalue weighted by atomic mass is 19.1. The predicted octanol–water partition coefficient (Wildman–Crippen LogP) is 4.65. The number of carbonyl (C=O) groups excluding carboxylic acids is 2. The minimum absolute atomic E-state index is 0.301. The van der Waals surface area contributed by atoms with Crippen LogP contribution in [0.4, 0.5) is 10.1 Å². The fraction of sp³-hybridized carbons (Fsp3) is 0.360. The number of benzene rings is 2. The first-order valence-corrected chi connectivity index (χ1v) is 10.6. The van der Waals surface area contributed by atoms with Gasteiger partial charge in [0.1, 0.15) is 11.5 Å². The number of piperidine rings is 1. The van der Waals surface area contributed by atoms with Crippen LogP contribution in [0.5, 0.6) is 0 Å². The molecule has 2 atom stereocenters. The highest BCUT2D eigenvalue weighted by Gasteiger charge is 2.43. The summed E-state index contributed by atoms with van der Waals surface area (Å²) in [6.45, 7) is 7.86. The molecule has 0 saturated carbocycles. The molecule has 0 radical (unpaired) electrons. The Kier molecular flexibility index (Phi) is 5.46. The van der Waals surface area contributed by atoms with Crippen molar-refractivity contribution in [3.8, 4) is 0 Å². The molecule has 156 valence electrons. The Hall–Kier alpha value is -2.95. The molecule has 1 fully saturated rings. The third-order valence-electron chi connectivity index (χ3n) is 5.98. The van der Waals surface area contributed by atoms with Crippen LogP contribution in [0.25, 0.3) is 5.57 Å². The van der Waals surface area contributed by atoms with Crippen LogP contribution in [0.3, 0.4) is 0 Å². The first-order chi connectivity index (χ1) is 14.4. The predicted molar refractivity (Wildman–Crippen MR) is 116 cm³/mol. The van der Waals surface area contributed by atoms with Crippen molar-refractivity contribution in [3.63, 3.8) is 0 Å². The third kappa shape index (κ3) is 3.64. The molecule has 0 bridgehead atoms. The average molecular weight is 407 g/mol. The number of carbonyl (C=O) groups is 2. The fourth-order valence-electron chi connectivity index (χ4n) is 4.65. The van der Waals surface area contributed by atoms with E-state index < -0.39 is 0 Å². The molecule has 5 heteroatoms. The quantitative estimate of drug-likeness (QED) is 0.694. The van der Waals surface area contributed by atoms with Crippen molar-refractivity contribution in [2.45, 2.75) is 33.6 Å². The lowest BCUT2D eigenvalue weighted by atomic mass is 9.91. The van der Waals surface area contributed by atoms with E-state index in [0.717, 1.165) is 31.5 Å². The number of rotatable bonds is 4. The van der Waals surface area contributed by atoms with Crippen molar-refractivity contribution in [1.29, 1.82) is 0 Å². The van der Waals surface area contributed by atoms with E-state index in [9.17, 15) is 14.0 Å². The van der Waals surface area contributed by atoms with Crippen LogP contribution in [0.1, 0.15) is 38.3 Å². The summed E-state index contributed by atoms with van der Waals surface area (Å²) in [7, 11) is 0. The smallest absolute Gasteiger partial charge is 0.282 e. The van der Waals surface area contributed by atoms with E-state index in [1.165, 1.54) is 17.0 Å². The van der Waals surface area contributed by atoms with Crippen LogP contribution in [-0.4, -0.2) is 29.8 Å². The van der Waals surface area contributed by atoms with Gasteiger partial charge in [0.05, 0.1) is 11.3 Å². The van der Waals surface area contributed by atoms with Crippen LogP contribution in [0.15, 0.2) is 54.2 Å². The van der Waals surface area contributed by atoms with E-state index in [0.29, 0.717) is 34.4 Å². The lowest BCUT2D eigenvalue weighted by molar-refractivity contribution is -0.120. The summed E-state index contributed by atoms with van der Waals surface area (Å²) in [5.41, 5.74) is 3.08. The summed E-state index contributed by atoms with van der Waals surface area (Å²) in [5.74, 6) is -0.167. The van der Waals surface area contributed by atoms with Gasteiger partial charge in [-0.15, -0.1) is 0 Å². The monoisotopic (exact) mass is 406 g/mol. The number of anilines is 1. The van der Waals surface area contributed by atoms with E-state index in [4.69, 9.17) is 0 Å². The lowest BCUT2D eigenvalue weighted by Crippen LogP contribution is -2.42. The molecule has 2 aliphatic rings. The van der Waals surface area contributed by atoms with Gasteiger partial charge in [-0.2, -0.15) is 0 Å². The number of hydrogen-bond acceptors (Lipinski definition) is 3. The van der Waals surface area contributed by atoms with Gasteiger partial charge in [0, 0.05) is 13.1 Å². The summed E-state index contributed by atoms with van der Waals surface area (Å²) >= 11 is 0. The van der Waals surface area contributed by atoms with Crippen LogP contribution in [0.2, 0.25) is 0 Å². The van der Waals surface area contributed by atoms with E-state index in [1.54, 1.807) is 12.1 Å². The highest BCUT2D eigenvalue weighted by Crippen LogP contribution is 2.37. The van der Waals surface area contributed by atoms with Crippen molar-refractivity contribution in [2.24, 2.45) is 11.8 Å². The Morgan fingerprint density at radius 1 is 0.900 bits per heavy atom. The third-order valence-corrected chi connectivity index (χ3v) is 5.98. The molecule has 0 aliphatic carbocycles. The van der Waals surface area contributed by atoms with Gasteiger partial charge < -0.3 is 4.90 Å². The molecule has 2 heterocycles. The molecule has 0 N–H and O–H groups in total. The molecule has 2 amide bonds. The SMILES string of the molecule is CCc1ccc(N2C(=O)C(c3ccc(F)cc3)=C(N3CC(C)CC(C)C3)C2=O)cc1. The number of likely N-dealkylation sites (tertiary alicyclic amines) is 1. The molecule has 2 aromatic carbocycles. The number of hydrogen-bond donors (Lipinski definition) is 0. The standard InChI is InChI=1S/C25H27FN2O2/c1-4-18-5-11-21(12-6-18)28-24(29)22(19-7-9-20(26)10-8-19)23(25(28)30)27-14-16(2)13-17(3)15-27/h5-12,16-17H,4,13-15H2,1-3H3. The molecule has 4 nitrogen and oxygen atoms in total. The number of imide groups is 1. The van der Waals surface area contributed by atoms with E-state index in [1.807, 2.05) is 24.3 Å². The Morgan fingerprint density at radius 2 is 1.50 bits per heavy atom. The molecular formula is C25H27FN2O2. The summed E-state index contributed by atoms with van der Waals surface area (Å²) < 4.78 is 13.5. The van der Waals surface area contributed by atoms with Gasteiger partial charge in [-0.25, -0.2) is 9.29 Å². The summed E-state index contributed by atoms with van der Waals surface area (Å²) in [4.78, 5) is 30.4. The van der Waals surface area contributed by atoms with Gasteiger partial charge in [-0.05, 0) is 60.1 Å². The van der Waals surface area contributed by atoms with Crippen molar-refractivity contribution in [1.82, 2.24) is 4.90 Å². The maximum Gasteiger partial charge on any atom is 0.282 e. The second kappa shape index (κ2) is 8.05. The first-order valence-electron chi connectivity index (χ1n) is 10.6. The largest absolute Gasteiger partial charge is 0.366 e. The molecule has 0 aromatic heterocycles. The molecule has 4 rings (SSSR count). The molecule has 30 heavy (non-hydrogen) atoms. The Labute approximate surface area is 177 Å². The van der Waals surface area contributed by atoms with E-state index in [2.05, 4.69) is 25.7 Å². The second-order valence-electron chi connectivity index (χ2n) is 8.55. The van der Waals surface area contributed by atoms with Gasteiger partial charge in [-0.1, -0.05) is 45.0 Å². The van der Waals surface area contributed by atoms with Crippen molar-refractivity contribution in [3.05, 3.63) is 71.2 Å². The second-order valence-corrected chi connectivity index (χ2v) is 8.55. The Balaban J connectivity index is 1.80. The summed E-state index contributed by atoms with van der Waals surface area (Å²) in [5, 5.41) is 0.